The molecule has 0 radical (unpaired) electrons. The van der Waals surface area contributed by atoms with Gasteiger partial charge in [0.25, 0.3) is 0 Å². The molecule has 1 heterocycles. The first-order valence-electron chi connectivity index (χ1n) is 7.34. The van der Waals surface area contributed by atoms with Crippen LogP contribution in [0.2, 0.25) is 0 Å². The summed E-state index contributed by atoms with van der Waals surface area (Å²) in [6.45, 7) is 4.17. The number of hydrogen-bond donors (Lipinski definition) is 2. The molecule has 0 saturated carbocycles. The van der Waals surface area contributed by atoms with Crippen molar-refractivity contribution in [3.8, 4) is 0 Å². The molecule has 0 bridgehead atoms. The van der Waals surface area contributed by atoms with Crippen LogP contribution in [0.4, 0.5) is 11.4 Å². The Morgan fingerprint density at radius 3 is 2.17 bits per heavy atom. The Balaban J connectivity index is 1.82. The molecule has 23 heavy (non-hydrogen) atoms. The number of rotatable bonds is 6. The molecule has 2 N–H and O–H groups in total. The van der Waals surface area contributed by atoms with Crippen LogP contribution in [0.3, 0.4) is 0 Å². The lowest BCUT2D eigenvalue weighted by atomic mass is 10.2. The molecule has 2 aromatic rings. The number of benzene rings is 1. The third kappa shape index (κ3) is 5.60. The highest BCUT2D eigenvalue weighted by molar-refractivity contribution is 5.93. The summed E-state index contributed by atoms with van der Waals surface area (Å²) < 4.78 is 5.49. The molecule has 6 heteroatoms. The standard InChI is InChI=1S/C17H21N3O3/c1-12-4-9-16(23-12)10-20(3)11-17(22)19-15-7-5-14(6-8-15)18-13(2)21/h4-9H,10-11H2,1-3H3,(H,18,21)(H,19,22). The number of carbonyl (C=O) groups is 2. The monoisotopic (exact) mass is 315 g/mol. The summed E-state index contributed by atoms with van der Waals surface area (Å²) in [6.07, 6.45) is 0. The van der Waals surface area contributed by atoms with Crippen LogP contribution in [0.1, 0.15) is 18.4 Å². The summed E-state index contributed by atoms with van der Waals surface area (Å²) >= 11 is 0. The van der Waals surface area contributed by atoms with E-state index in [1.807, 2.05) is 31.0 Å². The fourth-order valence-corrected chi connectivity index (χ4v) is 2.18. The largest absolute Gasteiger partial charge is 0.465 e. The Kier molecular flexibility index (Phi) is 5.54. The normalized spacial score (nSPS) is 10.6. The molecule has 2 amide bonds. The molecule has 1 aromatic heterocycles. The summed E-state index contributed by atoms with van der Waals surface area (Å²) in [5.41, 5.74) is 1.38. The number of likely N-dealkylation sites (N-methyl/N-ethyl adjacent to an activating group) is 1. The van der Waals surface area contributed by atoms with Crippen molar-refractivity contribution in [2.75, 3.05) is 24.2 Å². The average molecular weight is 315 g/mol. The van der Waals surface area contributed by atoms with Crippen molar-refractivity contribution in [3.05, 3.63) is 47.9 Å². The average Bonchev–Trinajstić information content (AvgIpc) is 2.85. The summed E-state index contributed by atoms with van der Waals surface area (Å²) in [5.74, 6) is 1.45. The van der Waals surface area contributed by atoms with Crippen LogP contribution in [0.15, 0.2) is 40.8 Å². The number of hydrogen-bond acceptors (Lipinski definition) is 4. The van der Waals surface area contributed by atoms with Crippen molar-refractivity contribution in [2.45, 2.75) is 20.4 Å². The zero-order chi connectivity index (χ0) is 16.8. The predicted octanol–water partition coefficient (Wildman–Crippen LogP) is 2.62. The number of aryl methyl sites for hydroxylation is 1. The molecule has 2 rings (SSSR count). The Morgan fingerprint density at radius 2 is 1.65 bits per heavy atom. The molecule has 0 aliphatic heterocycles. The third-order valence-corrected chi connectivity index (χ3v) is 3.12. The molecule has 0 aliphatic carbocycles. The second-order valence-electron chi connectivity index (χ2n) is 5.49. The zero-order valence-electron chi connectivity index (χ0n) is 13.6. The molecule has 0 spiro atoms. The van der Waals surface area contributed by atoms with Crippen molar-refractivity contribution >= 4 is 23.2 Å². The Hall–Kier alpha value is -2.60. The van der Waals surface area contributed by atoms with Gasteiger partial charge < -0.3 is 15.1 Å². The highest BCUT2D eigenvalue weighted by Crippen LogP contribution is 2.14. The lowest BCUT2D eigenvalue weighted by Crippen LogP contribution is -2.29. The smallest absolute Gasteiger partial charge is 0.238 e. The number of nitrogens with zero attached hydrogens (tertiary/aromatic N) is 1. The van der Waals surface area contributed by atoms with E-state index in [1.165, 1.54) is 6.92 Å². The lowest BCUT2D eigenvalue weighted by Gasteiger charge is -2.15. The molecule has 122 valence electrons. The van der Waals surface area contributed by atoms with E-state index in [4.69, 9.17) is 4.42 Å². The minimum absolute atomic E-state index is 0.108. The molecule has 6 nitrogen and oxygen atoms in total. The minimum Gasteiger partial charge on any atom is -0.465 e. The molecule has 0 atom stereocenters. The molecule has 0 saturated heterocycles. The van der Waals surface area contributed by atoms with Crippen LogP contribution in [0.5, 0.6) is 0 Å². The fraction of sp³-hybridized carbons (Fsp3) is 0.294. The summed E-state index contributed by atoms with van der Waals surface area (Å²) in [6, 6.07) is 10.8. The second kappa shape index (κ2) is 7.60. The molecule has 0 aliphatic rings. The predicted molar refractivity (Wildman–Crippen MR) is 89.2 cm³/mol. The Labute approximate surface area is 135 Å². The van der Waals surface area contributed by atoms with Crippen molar-refractivity contribution in [3.63, 3.8) is 0 Å². The fourth-order valence-electron chi connectivity index (χ4n) is 2.18. The van der Waals surface area contributed by atoms with E-state index >= 15 is 0 Å². The molecule has 0 fully saturated rings. The first kappa shape index (κ1) is 16.8. The van der Waals surface area contributed by atoms with Gasteiger partial charge in [0.2, 0.25) is 11.8 Å². The van der Waals surface area contributed by atoms with Crippen molar-refractivity contribution < 1.29 is 14.0 Å². The van der Waals surface area contributed by atoms with Crippen LogP contribution in [-0.4, -0.2) is 30.3 Å². The maximum atomic E-state index is 12.0. The van der Waals surface area contributed by atoms with Gasteiger partial charge in [-0.15, -0.1) is 0 Å². The summed E-state index contributed by atoms with van der Waals surface area (Å²) in [4.78, 5) is 24.9. The summed E-state index contributed by atoms with van der Waals surface area (Å²) in [7, 11) is 1.86. The Bertz CT molecular complexity index is 677. The van der Waals surface area contributed by atoms with E-state index in [1.54, 1.807) is 24.3 Å². The van der Waals surface area contributed by atoms with E-state index in [9.17, 15) is 9.59 Å². The molecular formula is C17H21N3O3. The van der Waals surface area contributed by atoms with E-state index < -0.39 is 0 Å². The van der Waals surface area contributed by atoms with E-state index in [2.05, 4.69) is 10.6 Å². The molecular weight excluding hydrogens is 294 g/mol. The van der Waals surface area contributed by atoms with Gasteiger partial charge in [-0.05, 0) is 50.4 Å². The molecule has 1 aromatic carbocycles. The maximum Gasteiger partial charge on any atom is 0.238 e. The summed E-state index contributed by atoms with van der Waals surface area (Å²) in [5, 5.41) is 5.50. The van der Waals surface area contributed by atoms with Crippen LogP contribution in [-0.2, 0) is 16.1 Å². The van der Waals surface area contributed by atoms with Crippen LogP contribution in [0.25, 0.3) is 0 Å². The topological polar surface area (TPSA) is 74.6 Å². The van der Waals surface area contributed by atoms with Gasteiger partial charge in [-0.3, -0.25) is 14.5 Å². The van der Waals surface area contributed by atoms with Crippen molar-refractivity contribution in [2.24, 2.45) is 0 Å². The van der Waals surface area contributed by atoms with Crippen LogP contribution in [0, 0.1) is 6.92 Å². The number of carbonyl (C=O) groups excluding carboxylic acids is 2. The van der Waals surface area contributed by atoms with Gasteiger partial charge in [0.15, 0.2) is 0 Å². The van der Waals surface area contributed by atoms with Gasteiger partial charge in [0, 0.05) is 18.3 Å². The number of furan rings is 1. The minimum atomic E-state index is -0.128. The van der Waals surface area contributed by atoms with Gasteiger partial charge in [-0.2, -0.15) is 0 Å². The highest BCUT2D eigenvalue weighted by atomic mass is 16.3. The molecule has 0 unspecified atom stereocenters. The van der Waals surface area contributed by atoms with Crippen LogP contribution < -0.4 is 10.6 Å². The zero-order valence-corrected chi connectivity index (χ0v) is 13.6. The Morgan fingerprint density at radius 1 is 1.04 bits per heavy atom. The van der Waals surface area contributed by atoms with Crippen molar-refractivity contribution in [1.29, 1.82) is 0 Å². The van der Waals surface area contributed by atoms with Gasteiger partial charge in [0.1, 0.15) is 11.5 Å². The van der Waals surface area contributed by atoms with Gasteiger partial charge in [-0.1, -0.05) is 0 Å². The highest BCUT2D eigenvalue weighted by Gasteiger charge is 2.09. The quantitative estimate of drug-likeness (QED) is 0.859. The lowest BCUT2D eigenvalue weighted by molar-refractivity contribution is -0.117. The maximum absolute atomic E-state index is 12.0. The van der Waals surface area contributed by atoms with Crippen LogP contribution >= 0.6 is 0 Å². The van der Waals surface area contributed by atoms with E-state index in [0.29, 0.717) is 17.9 Å². The van der Waals surface area contributed by atoms with Gasteiger partial charge >= 0.3 is 0 Å². The number of anilines is 2. The van der Waals surface area contributed by atoms with Crippen molar-refractivity contribution in [1.82, 2.24) is 4.90 Å². The first-order valence-corrected chi connectivity index (χ1v) is 7.34. The van der Waals surface area contributed by atoms with Gasteiger partial charge in [-0.25, -0.2) is 0 Å². The SMILES string of the molecule is CC(=O)Nc1ccc(NC(=O)CN(C)Cc2ccc(C)o2)cc1. The van der Waals surface area contributed by atoms with Gasteiger partial charge in [0.05, 0.1) is 13.1 Å². The van der Waals surface area contributed by atoms with E-state index in [-0.39, 0.29) is 18.4 Å². The number of nitrogens with one attached hydrogen (secondary N) is 2. The second-order valence-corrected chi connectivity index (χ2v) is 5.49. The number of amides is 2. The first-order chi connectivity index (χ1) is 10.9. The third-order valence-electron chi connectivity index (χ3n) is 3.12. The van der Waals surface area contributed by atoms with E-state index in [0.717, 1.165) is 11.5 Å².